The van der Waals surface area contributed by atoms with Crippen molar-refractivity contribution in [1.82, 2.24) is 9.80 Å². The molecule has 2 N–H and O–H groups in total. The molecule has 1 amide bonds. The third kappa shape index (κ3) is 3.45. The molecule has 0 aromatic heterocycles. The van der Waals surface area contributed by atoms with Crippen molar-refractivity contribution in [2.75, 3.05) is 26.2 Å². The van der Waals surface area contributed by atoms with Gasteiger partial charge in [0.25, 0.3) is 0 Å². The second kappa shape index (κ2) is 6.53. The van der Waals surface area contributed by atoms with Crippen molar-refractivity contribution in [1.29, 1.82) is 0 Å². The first kappa shape index (κ1) is 13.8. The van der Waals surface area contributed by atoms with E-state index in [9.17, 15) is 4.79 Å². The molecule has 1 saturated heterocycles. The number of amides is 1. The predicted molar refractivity (Wildman–Crippen MR) is 73.3 cm³/mol. The van der Waals surface area contributed by atoms with Gasteiger partial charge in [0.15, 0.2) is 0 Å². The Labute approximate surface area is 110 Å². The number of carbonyl (C=O) groups is 1. The van der Waals surface area contributed by atoms with Crippen LogP contribution in [0.1, 0.15) is 45.4 Å². The zero-order valence-electron chi connectivity index (χ0n) is 11.6. The Kier molecular flexibility index (Phi) is 5.01. The summed E-state index contributed by atoms with van der Waals surface area (Å²) < 4.78 is 0. The number of likely N-dealkylation sites (tertiary alicyclic amines) is 1. The van der Waals surface area contributed by atoms with Crippen molar-refractivity contribution in [3.8, 4) is 0 Å². The number of nitrogens with two attached hydrogens (primary N) is 1. The van der Waals surface area contributed by atoms with Gasteiger partial charge in [-0.15, -0.1) is 0 Å². The summed E-state index contributed by atoms with van der Waals surface area (Å²) in [5.74, 6) is 0.304. The van der Waals surface area contributed by atoms with Crippen molar-refractivity contribution in [2.45, 2.75) is 57.5 Å². The Balaban J connectivity index is 1.84. The molecule has 2 aliphatic rings. The molecule has 1 aliphatic heterocycles. The summed E-state index contributed by atoms with van der Waals surface area (Å²) in [6.45, 7) is 5.38. The fourth-order valence-electron chi connectivity index (χ4n) is 3.32. The number of hydrogen-bond acceptors (Lipinski definition) is 3. The first-order chi connectivity index (χ1) is 8.70. The molecule has 0 unspecified atom stereocenters. The van der Waals surface area contributed by atoms with Gasteiger partial charge in [-0.25, -0.2) is 0 Å². The minimum atomic E-state index is 0.266. The lowest BCUT2D eigenvalue weighted by atomic mass is 9.94. The van der Waals surface area contributed by atoms with Crippen LogP contribution in [0.4, 0.5) is 0 Å². The van der Waals surface area contributed by atoms with Gasteiger partial charge in [0.1, 0.15) is 0 Å². The summed E-state index contributed by atoms with van der Waals surface area (Å²) in [4.78, 5) is 16.7. The summed E-state index contributed by atoms with van der Waals surface area (Å²) in [5, 5.41) is 0. The Hall–Kier alpha value is -0.610. The predicted octanol–water partition coefficient (Wildman–Crippen LogP) is 1.20. The molecule has 0 aromatic rings. The smallest absolute Gasteiger partial charge is 0.236 e. The van der Waals surface area contributed by atoms with E-state index in [0.717, 1.165) is 26.1 Å². The third-order valence-corrected chi connectivity index (χ3v) is 4.34. The molecule has 4 heteroatoms. The molecule has 1 heterocycles. The number of nitrogens with zero attached hydrogens (tertiary/aromatic N) is 2. The molecule has 0 radical (unpaired) electrons. The highest BCUT2D eigenvalue weighted by Gasteiger charge is 2.27. The normalized spacial score (nSPS) is 26.4. The van der Waals surface area contributed by atoms with E-state index in [4.69, 9.17) is 5.73 Å². The molecule has 4 nitrogen and oxygen atoms in total. The van der Waals surface area contributed by atoms with Crippen molar-refractivity contribution in [3.63, 3.8) is 0 Å². The second-order valence-corrected chi connectivity index (χ2v) is 5.76. The van der Waals surface area contributed by atoms with Crippen LogP contribution in [0.15, 0.2) is 0 Å². The molecular weight excluding hydrogens is 226 g/mol. The molecule has 1 atom stereocenters. The lowest BCUT2D eigenvalue weighted by Crippen LogP contribution is -2.46. The Morgan fingerprint density at radius 2 is 2.00 bits per heavy atom. The van der Waals surface area contributed by atoms with E-state index in [0.29, 0.717) is 18.5 Å². The molecule has 104 valence electrons. The summed E-state index contributed by atoms with van der Waals surface area (Å²) in [5.41, 5.74) is 5.89. The van der Waals surface area contributed by atoms with Crippen molar-refractivity contribution in [2.24, 2.45) is 5.73 Å². The highest BCUT2D eigenvalue weighted by atomic mass is 16.2. The van der Waals surface area contributed by atoms with Crippen molar-refractivity contribution >= 4 is 5.91 Å². The van der Waals surface area contributed by atoms with E-state index >= 15 is 0 Å². The Morgan fingerprint density at radius 1 is 1.28 bits per heavy atom. The zero-order valence-corrected chi connectivity index (χ0v) is 11.6. The number of rotatable bonds is 4. The topological polar surface area (TPSA) is 49.6 Å². The number of hydrogen-bond donors (Lipinski definition) is 1. The van der Waals surface area contributed by atoms with Crippen LogP contribution in [0.2, 0.25) is 0 Å². The van der Waals surface area contributed by atoms with Crippen LogP contribution in [-0.4, -0.2) is 54.0 Å². The molecule has 2 rings (SSSR count). The summed E-state index contributed by atoms with van der Waals surface area (Å²) in [6, 6.07) is 0.759. The molecule has 2 fully saturated rings. The average molecular weight is 253 g/mol. The van der Waals surface area contributed by atoms with Gasteiger partial charge in [0.2, 0.25) is 5.91 Å². The van der Waals surface area contributed by atoms with Gasteiger partial charge >= 0.3 is 0 Å². The van der Waals surface area contributed by atoms with Crippen LogP contribution in [0.3, 0.4) is 0 Å². The van der Waals surface area contributed by atoms with E-state index in [-0.39, 0.29) is 6.04 Å². The maximum absolute atomic E-state index is 12.4. The Bertz CT molecular complexity index is 276. The highest BCUT2D eigenvalue weighted by Crippen LogP contribution is 2.22. The van der Waals surface area contributed by atoms with Crippen LogP contribution in [0.25, 0.3) is 0 Å². The van der Waals surface area contributed by atoms with E-state index in [1.807, 2.05) is 0 Å². The van der Waals surface area contributed by atoms with Crippen LogP contribution in [0, 0.1) is 0 Å². The minimum absolute atomic E-state index is 0.266. The SMILES string of the molecule is CCN(C(=O)CN1CC[C@H](N)C1)C1CCCCC1. The lowest BCUT2D eigenvalue weighted by Gasteiger charge is -2.34. The van der Waals surface area contributed by atoms with E-state index in [1.165, 1.54) is 32.1 Å². The maximum Gasteiger partial charge on any atom is 0.236 e. The monoisotopic (exact) mass is 253 g/mol. The van der Waals surface area contributed by atoms with Crippen LogP contribution in [0.5, 0.6) is 0 Å². The summed E-state index contributed by atoms with van der Waals surface area (Å²) in [6.07, 6.45) is 7.32. The van der Waals surface area contributed by atoms with Crippen molar-refractivity contribution in [3.05, 3.63) is 0 Å². The van der Waals surface area contributed by atoms with Gasteiger partial charge in [0.05, 0.1) is 6.54 Å². The standard InChI is InChI=1S/C14H27N3O/c1-2-17(13-6-4-3-5-7-13)14(18)11-16-9-8-12(15)10-16/h12-13H,2-11,15H2,1H3/t12-/m0/s1. The molecular formula is C14H27N3O. The van der Waals surface area contributed by atoms with E-state index in [1.54, 1.807) is 0 Å². The van der Waals surface area contributed by atoms with Gasteiger partial charge in [0, 0.05) is 31.7 Å². The second-order valence-electron chi connectivity index (χ2n) is 5.76. The highest BCUT2D eigenvalue weighted by molar-refractivity contribution is 5.78. The average Bonchev–Trinajstić information content (AvgIpc) is 2.77. The third-order valence-electron chi connectivity index (χ3n) is 4.34. The van der Waals surface area contributed by atoms with Crippen molar-refractivity contribution < 1.29 is 4.79 Å². The van der Waals surface area contributed by atoms with Crippen LogP contribution >= 0.6 is 0 Å². The molecule has 1 aliphatic carbocycles. The molecule has 1 saturated carbocycles. The lowest BCUT2D eigenvalue weighted by molar-refractivity contribution is -0.134. The van der Waals surface area contributed by atoms with Crippen LogP contribution < -0.4 is 5.73 Å². The maximum atomic E-state index is 12.4. The van der Waals surface area contributed by atoms with Gasteiger partial charge in [-0.05, 0) is 26.2 Å². The van der Waals surface area contributed by atoms with Crippen LogP contribution in [-0.2, 0) is 4.79 Å². The zero-order chi connectivity index (χ0) is 13.0. The van der Waals surface area contributed by atoms with E-state index in [2.05, 4.69) is 16.7 Å². The summed E-state index contributed by atoms with van der Waals surface area (Å²) in [7, 11) is 0. The molecule has 0 aromatic carbocycles. The van der Waals surface area contributed by atoms with Gasteiger partial charge < -0.3 is 10.6 Å². The fourth-order valence-corrected chi connectivity index (χ4v) is 3.32. The quantitative estimate of drug-likeness (QED) is 0.819. The summed E-state index contributed by atoms with van der Waals surface area (Å²) >= 11 is 0. The number of carbonyl (C=O) groups excluding carboxylic acids is 1. The molecule has 0 bridgehead atoms. The van der Waals surface area contributed by atoms with Gasteiger partial charge in [-0.1, -0.05) is 19.3 Å². The van der Waals surface area contributed by atoms with Gasteiger partial charge in [-0.2, -0.15) is 0 Å². The largest absolute Gasteiger partial charge is 0.339 e. The van der Waals surface area contributed by atoms with Gasteiger partial charge in [-0.3, -0.25) is 9.69 Å². The minimum Gasteiger partial charge on any atom is -0.339 e. The first-order valence-corrected chi connectivity index (χ1v) is 7.48. The molecule has 0 spiro atoms. The fraction of sp³-hybridized carbons (Fsp3) is 0.929. The van der Waals surface area contributed by atoms with E-state index < -0.39 is 0 Å². The molecule has 18 heavy (non-hydrogen) atoms. The number of likely N-dealkylation sites (N-methyl/N-ethyl adjacent to an activating group) is 1. The first-order valence-electron chi connectivity index (χ1n) is 7.48. The Morgan fingerprint density at radius 3 is 2.56 bits per heavy atom.